The molecule has 0 atom stereocenters. The second-order valence-electron chi connectivity index (χ2n) is 6.72. The summed E-state index contributed by atoms with van der Waals surface area (Å²) in [4.78, 5) is 22.8. The summed E-state index contributed by atoms with van der Waals surface area (Å²) >= 11 is 0. The van der Waals surface area contributed by atoms with Crippen LogP contribution in [0.3, 0.4) is 0 Å². The van der Waals surface area contributed by atoms with Crippen molar-refractivity contribution in [2.24, 2.45) is 5.92 Å². The van der Waals surface area contributed by atoms with Crippen molar-refractivity contribution in [3.05, 3.63) is 42.1 Å². The number of amides is 1. The van der Waals surface area contributed by atoms with E-state index in [0.29, 0.717) is 22.6 Å². The van der Waals surface area contributed by atoms with Crippen LogP contribution in [0.4, 0.5) is 5.82 Å². The fourth-order valence-electron chi connectivity index (χ4n) is 3.19. The molecule has 2 aromatic heterocycles. The van der Waals surface area contributed by atoms with E-state index in [4.69, 9.17) is 9.62 Å². The minimum absolute atomic E-state index is 0.313. The van der Waals surface area contributed by atoms with Crippen LogP contribution >= 0.6 is 0 Å². The summed E-state index contributed by atoms with van der Waals surface area (Å²) in [5.41, 5.74) is 3.83. The molecule has 0 aliphatic carbocycles. The molecule has 7 nitrogen and oxygen atoms in total. The predicted octanol–water partition coefficient (Wildman–Crippen LogP) is 3.25. The van der Waals surface area contributed by atoms with Crippen molar-refractivity contribution < 1.29 is 14.4 Å². The molecular formula is C19H20N4O3. The first-order chi connectivity index (χ1) is 12.6. The topological polar surface area (TPSA) is 91.5 Å². The van der Waals surface area contributed by atoms with Crippen molar-refractivity contribution in [1.82, 2.24) is 15.4 Å². The SMILES string of the molecule is CC1CCN(c2ccc(-c3nc4cc(C(=O)NO)ccc4o3)cn2)CC1. The Morgan fingerprint density at radius 2 is 2.08 bits per heavy atom. The Bertz CT molecular complexity index is 928. The van der Waals surface area contributed by atoms with E-state index in [1.54, 1.807) is 29.9 Å². The first-order valence-corrected chi connectivity index (χ1v) is 8.70. The largest absolute Gasteiger partial charge is 0.436 e. The van der Waals surface area contributed by atoms with Gasteiger partial charge in [-0.15, -0.1) is 0 Å². The van der Waals surface area contributed by atoms with Crippen LogP contribution < -0.4 is 10.4 Å². The van der Waals surface area contributed by atoms with Gasteiger partial charge in [-0.2, -0.15) is 0 Å². The van der Waals surface area contributed by atoms with Gasteiger partial charge in [-0.25, -0.2) is 15.4 Å². The highest BCUT2D eigenvalue weighted by molar-refractivity contribution is 5.96. The third-order valence-corrected chi connectivity index (χ3v) is 4.85. The van der Waals surface area contributed by atoms with Crippen LogP contribution in [0, 0.1) is 5.92 Å². The number of piperidine rings is 1. The fraction of sp³-hybridized carbons (Fsp3) is 0.316. The second kappa shape index (κ2) is 6.76. The lowest BCUT2D eigenvalue weighted by Gasteiger charge is -2.31. The number of carbonyl (C=O) groups excluding carboxylic acids is 1. The number of hydroxylamine groups is 1. The second-order valence-corrected chi connectivity index (χ2v) is 6.72. The van der Waals surface area contributed by atoms with E-state index in [0.717, 1.165) is 30.4 Å². The zero-order valence-electron chi connectivity index (χ0n) is 14.5. The number of aromatic nitrogens is 2. The van der Waals surface area contributed by atoms with Crippen molar-refractivity contribution in [2.45, 2.75) is 19.8 Å². The molecule has 26 heavy (non-hydrogen) atoms. The molecule has 1 saturated heterocycles. The maximum atomic E-state index is 11.5. The maximum absolute atomic E-state index is 11.5. The molecule has 3 aromatic rings. The lowest BCUT2D eigenvalue weighted by Crippen LogP contribution is -2.33. The minimum Gasteiger partial charge on any atom is -0.436 e. The molecule has 1 aromatic carbocycles. The lowest BCUT2D eigenvalue weighted by atomic mass is 9.99. The summed E-state index contributed by atoms with van der Waals surface area (Å²) in [5.74, 6) is 1.62. The van der Waals surface area contributed by atoms with Gasteiger partial charge in [0, 0.05) is 24.8 Å². The number of fused-ring (bicyclic) bond motifs is 1. The summed E-state index contributed by atoms with van der Waals surface area (Å²) in [7, 11) is 0. The first kappa shape index (κ1) is 16.5. The van der Waals surface area contributed by atoms with Crippen LogP contribution in [-0.2, 0) is 0 Å². The smallest absolute Gasteiger partial charge is 0.274 e. The van der Waals surface area contributed by atoms with Gasteiger partial charge in [-0.05, 0) is 49.1 Å². The molecule has 0 bridgehead atoms. The van der Waals surface area contributed by atoms with Crippen molar-refractivity contribution in [3.8, 4) is 11.5 Å². The number of hydrogen-bond acceptors (Lipinski definition) is 6. The minimum atomic E-state index is -0.585. The average Bonchev–Trinajstić information content (AvgIpc) is 3.11. The summed E-state index contributed by atoms with van der Waals surface area (Å²) in [6.45, 7) is 4.36. The molecule has 0 unspecified atom stereocenters. The number of anilines is 1. The Morgan fingerprint density at radius 1 is 1.27 bits per heavy atom. The number of hydrogen-bond donors (Lipinski definition) is 2. The molecule has 4 rings (SSSR count). The highest BCUT2D eigenvalue weighted by Gasteiger charge is 2.17. The molecule has 7 heteroatoms. The Balaban J connectivity index is 1.58. The fourth-order valence-corrected chi connectivity index (χ4v) is 3.19. The number of oxazole rings is 1. The van der Waals surface area contributed by atoms with E-state index >= 15 is 0 Å². The van der Waals surface area contributed by atoms with Gasteiger partial charge >= 0.3 is 0 Å². The molecule has 134 valence electrons. The van der Waals surface area contributed by atoms with Gasteiger partial charge in [0.25, 0.3) is 5.91 Å². The molecule has 0 spiro atoms. The van der Waals surface area contributed by atoms with Gasteiger partial charge in [0.1, 0.15) is 11.3 Å². The standard InChI is InChI=1S/C19H20N4O3/c1-12-6-8-23(9-7-12)17-5-3-14(11-20-17)19-21-15-10-13(18(24)22-25)2-4-16(15)26-19/h2-5,10-12,25H,6-9H2,1H3,(H,22,24). The van der Waals surface area contributed by atoms with E-state index in [9.17, 15) is 4.79 Å². The van der Waals surface area contributed by atoms with Gasteiger partial charge < -0.3 is 9.32 Å². The van der Waals surface area contributed by atoms with Crippen LogP contribution in [0.5, 0.6) is 0 Å². The highest BCUT2D eigenvalue weighted by atomic mass is 16.5. The van der Waals surface area contributed by atoms with Crippen LogP contribution in [0.2, 0.25) is 0 Å². The zero-order valence-corrected chi connectivity index (χ0v) is 14.5. The summed E-state index contributed by atoms with van der Waals surface area (Å²) in [6.07, 6.45) is 4.15. The Hall–Kier alpha value is -2.93. The number of nitrogens with one attached hydrogen (secondary N) is 1. The van der Waals surface area contributed by atoms with Crippen LogP contribution in [0.15, 0.2) is 40.9 Å². The van der Waals surface area contributed by atoms with E-state index in [1.807, 2.05) is 12.1 Å². The van der Waals surface area contributed by atoms with Gasteiger partial charge in [0.15, 0.2) is 5.58 Å². The van der Waals surface area contributed by atoms with Crippen LogP contribution in [0.25, 0.3) is 22.6 Å². The summed E-state index contributed by atoms with van der Waals surface area (Å²) in [6, 6.07) is 8.75. The van der Waals surface area contributed by atoms with Crippen LogP contribution in [0.1, 0.15) is 30.1 Å². The number of nitrogens with zero attached hydrogens (tertiary/aromatic N) is 3. The molecule has 1 aliphatic heterocycles. The average molecular weight is 352 g/mol. The van der Waals surface area contributed by atoms with Crippen LogP contribution in [-0.4, -0.2) is 34.2 Å². The molecule has 2 N–H and O–H groups in total. The van der Waals surface area contributed by atoms with Gasteiger partial charge in [-0.3, -0.25) is 10.0 Å². The molecule has 3 heterocycles. The van der Waals surface area contributed by atoms with Gasteiger partial charge in [0.2, 0.25) is 5.89 Å². The molecule has 1 fully saturated rings. The quantitative estimate of drug-likeness (QED) is 0.555. The van der Waals surface area contributed by atoms with Crippen molar-refractivity contribution >= 4 is 22.8 Å². The third kappa shape index (κ3) is 3.13. The monoisotopic (exact) mass is 352 g/mol. The number of benzene rings is 1. The predicted molar refractivity (Wildman–Crippen MR) is 97.1 cm³/mol. The van der Waals surface area contributed by atoms with E-state index in [2.05, 4.69) is 21.8 Å². The number of rotatable bonds is 3. The summed E-state index contributed by atoms with van der Waals surface area (Å²) < 4.78 is 5.76. The Morgan fingerprint density at radius 3 is 2.77 bits per heavy atom. The molecule has 1 amide bonds. The maximum Gasteiger partial charge on any atom is 0.274 e. The van der Waals surface area contributed by atoms with E-state index in [1.165, 1.54) is 12.8 Å². The third-order valence-electron chi connectivity index (χ3n) is 4.85. The zero-order chi connectivity index (χ0) is 18.1. The summed E-state index contributed by atoms with van der Waals surface area (Å²) in [5, 5.41) is 8.74. The normalized spacial score (nSPS) is 15.4. The molecule has 1 aliphatic rings. The van der Waals surface area contributed by atoms with E-state index in [-0.39, 0.29) is 0 Å². The highest BCUT2D eigenvalue weighted by Crippen LogP contribution is 2.27. The van der Waals surface area contributed by atoms with Gasteiger partial charge in [0.05, 0.1) is 5.56 Å². The molecule has 0 saturated carbocycles. The van der Waals surface area contributed by atoms with Crippen molar-refractivity contribution in [2.75, 3.05) is 18.0 Å². The van der Waals surface area contributed by atoms with Crippen molar-refractivity contribution in [3.63, 3.8) is 0 Å². The lowest BCUT2D eigenvalue weighted by molar-refractivity contribution is 0.0706. The Kier molecular flexibility index (Phi) is 4.30. The van der Waals surface area contributed by atoms with Crippen molar-refractivity contribution in [1.29, 1.82) is 0 Å². The molecular weight excluding hydrogens is 332 g/mol. The van der Waals surface area contributed by atoms with E-state index < -0.39 is 5.91 Å². The number of pyridine rings is 1. The first-order valence-electron chi connectivity index (χ1n) is 8.70. The van der Waals surface area contributed by atoms with Gasteiger partial charge in [-0.1, -0.05) is 6.92 Å². The Labute approximate surface area is 150 Å². The molecule has 0 radical (unpaired) electrons. The number of carbonyl (C=O) groups is 1.